The van der Waals surface area contributed by atoms with Gasteiger partial charge in [0.05, 0.1) is 6.04 Å². The fourth-order valence-electron chi connectivity index (χ4n) is 2.72. The minimum Gasteiger partial charge on any atom is -0.453 e. The van der Waals surface area contributed by atoms with E-state index in [2.05, 4.69) is 28.2 Å². The van der Waals surface area contributed by atoms with Gasteiger partial charge >= 0.3 is 0 Å². The fourth-order valence-corrected chi connectivity index (χ4v) is 3.04. The Hall–Kier alpha value is -0.320. The zero-order chi connectivity index (χ0) is 13.0. The quantitative estimate of drug-likeness (QED) is 0.872. The van der Waals surface area contributed by atoms with Crippen molar-refractivity contribution >= 4 is 15.9 Å². The molecule has 4 heteroatoms. The molecular weight excluding hydrogens is 294 g/mol. The van der Waals surface area contributed by atoms with Crippen molar-refractivity contribution in [2.45, 2.75) is 45.1 Å². The van der Waals surface area contributed by atoms with E-state index in [1.807, 2.05) is 12.1 Å². The number of hydrogen-bond donors (Lipinski definition) is 2. The molecule has 0 amide bonds. The number of rotatable bonds is 5. The van der Waals surface area contributed by atoms with Crippen molar-refractivity contribution < 1.29 is 9.52 Å². The summed E-state index contributed by atoms with van der Waals surface area (Å²) in [6, 6.07) is 4.08. The predicted octanol–water partition coefficient (Wildman–Crippen LogP) is 3.64. The third kappa shape index (κ3) is 3.37. The Balaban J connectivity index is 1.89. The van der Waals surface area contributed by atoms with Gasteiger partial charge in [-0.3, -0.25) is 0 Å². The van der Waals surface area contributed by atoms with E-state index in [0.717, 1.165) is 29.8 Å². The molecule has 3 nitrogen and oxygen atoms in total. The molecule has 2 rings (SSSR count). The molecule has 0 spiro atoms. The minimum absolute atomic E-state index is 0.0797. The average Bonchev–Trinajstić information content (AvgIpc) is 2.84. The predicted molar refractivity (Wildman–Crippen MR) is 75.4 cm³/mol. The summed E-state index contributed by atoms with van der Waals surface area (Å²) < 4.78 is 6.31. The van der Waals surface area contributed by atoms with Crippen LogP contribution in [0.3, 0.4) is 0 Å². The van der Waals surface area contributed by atoms with Crippen LogP contribution >= 0.6 is 15.9 Å². The Morgan fingerprint density at radius 1 is 1.39 bits per heavy atom. The molecule has 1 unspecified atom stereocenters. The summed E-state index contributed by atoms with van der Waals surface area (Å²) >= 11 is 3.32. The van der Waals surface area contributed by atoms with Crippen molar-refractivity contribution in [3.8, 4) is 0 Å². The van der Waals surface area contributed by atoms with E-state index in [1.165, 1.54) is 19.3 Å². The van der Waals surface area contributed by atoms with Gasteiger partial charge in [0.1, 0.15) is 5.76 Å². The molecule has 18 heavy (non-hydrogen) atoms. The largest absolute Gasteiger partial charge is 0.453 e. The Kier molecular flexibility index (Phi) is 4.87. The van der Waals surface area contributed by atoms with Crippen LogP contribution in [-0.4, -0.2) is 18.3 Å². The summed E-state index contributed by atoms with van der Waals surface area (Å²) in [6.45, 7) is 3.25. The lowest BCUT2D eigenvalue weighted by Gasteiger charge is -2.36. The first-order chi connectivity index (χ1) is 8.65. The second kappa shape index (κ2) is 6.22. The van der Waals surface area contributed by atoms with E-state index >= 15 is 0 Å². The number of hydrogen-bond acceptors (Lipinski definition) is 3. The molecule has 0 saturated heterocycles. The third-order valence-electron chi connectivity index (χ3n) is 4.05. The van der Waals surface area contributed by atoms with E-state index in [4.69, 9.17) is 4.42 Å². The van der Waals surface area contributed by atoms with Crippen LogP contribution in [0.2, 0.25) is 0 Å². The zero-order valence-corrected chi connectivity index (χ0v) is 12.5. The van der Waals surface area contributed by atoms with E-state index in [1.54, 1.807) is 0 Å². The maximum Gasteiger partial charge on any atom is 0.169 e. The second-order valence-corrected chi connectivity index (χ2v) is 6.24. The lowest BCUT2D eigenvalue weighted by atomic mass is 9.74. The summed E-state index contributed by atoms with van der Waals surface area (Å²) in [7, 11) is 0. The molecule has 1 aromatic rings. The maximum absolute atomic E-state index is 9.66. The molecule has 1 heterocycles. The van der Waals surface area contributed by atoms with Crippen molar-refractivity contribution in [2.24, 2.45) is 5.41 Å². The zero-order valence-electron chi connectivity index (χ0n) is 10.9. The van der Waals surface area contributed by atoms with Gasteiger partial charge in [-0.05, 0) is 47.8 Å². The number of aliphatic hydroxyl groups is 1. The van der Waals surface area contributed by atoms with Crippen LogP contribution in [0.4, 0.5) is 0 Å². The molecule has 0 aromatic carbocycles. The minimum atomic E-state index is 0.0797. The lowest BCUT2D eigenvalue weighted by molar-refractivity contribution is 0.0780. The average molecular weight is 316 g/mol. The monoisotopic (exact) mass is 315 g/mol. The van der Waals surface area contributed by atoms with Crippen LogP contribution in [0.5, 0.6) is 0 Å². The van der Waals surface area contributed by atoms with Crippen LogP contribution in [0.1, 0.15) is 50.8 Å². The molecule has 1 atom stereocenters. The molecular formula is C14H22BrNO2. The number of aliphatic hydroxyl groups excluding tert-OH is 1. The van der Waals surface area contributed by atoms with Crippen LogP contribution in [0.15, 0.2) is 21.2 Å². The normalized spacial score (nSPS) is 20.8. The Morgan fingerprint density at radius 2 is 2.11 bits per heavy atom. The van der Waals surface area contributed by atoms with Gasteiger partial charge in [0.25, 0.3) is 0 Å². The first-order valence-electron chi connectivity index (χ1n) is 6.75. The highest BCUT2D eigenvalue weighted by atomic mass is 79.9. The van der Waals surface area contributed by atoms with Gasteiger partial charge in [0.15, 0.2) is 4.67 Å². The van der Waals surface area contributed by atoms with E-state index in [9.17, 15) is 5.11 Å². The van der Waals surface area contributed by atoms with Crippen LogP contribution < -0.4 is 5.32 Å². The van der Waals surface area contributed by atoms with Crippen molar-refractivity contribution in [2.75, 3.05) is 13.2 Å². The molecule has 1 fully saturated rings. The van der Waals surface area contributed by atoms with E-state index < -0.39 is 0 Å². The van der Waals surface area contributed by atoms with Gasteiger partial charge in [-0.1, -0.05) is 19.3 Å². The van der Waals surface area contributed by atoms with Gasteiger partial charge in [0.2, 0.25) is 0 Å². The second-order valence-electron chi connectivity index (χ2n) is 5.46. The van der Waals surface area contributed by atoms with Gasteiger partial charge in [0, 0.05) is 18.6 Å². The van der Waals surface area contributed by atoms with E-state index in [-0.39, 0.29) is 18.1 Å². The van der Waals surface area contributed by atoms with Crippen molar-refractivity contribution in [3.63, 3.8) is 0 Å². The van der Waals surface area contributed by atoms with Crippen molar-refractivity contribution in [1.82, 2.24) is 5.32 Å². The number of halogens is 1. The molecule has 102 valence electrons. The van der Waals surface area contributed by atoms with Crippen LogP contribution in [0, 0.1) is 5.41 Å². The SMILES string of the molecule is CC(NCC1(CO)CCCCC1)c1ccc(Br)o1. The Labute approximate surface area is 117 Å². The number of nitrogens with one attached hydrogen (secondary N) is 1. The van der Waals surface area contributed by atoms with E-state index in [0.29, 0.717) is 0 Å². The third-order valence-corrected chi connectivity index (χ3v) is 4.48. The summed E-state index contributed by atoms with van der Waals surface area (Å²) in [6.07, 6.45) is 6.05. The van der Waals surface area contributed by atoms with Crippen molar-refractivity contribution in [1.29, 1.82) is 0 Å². The van der Waals surface area contributed by atoms with Crippen molar-refractivity contribution in [3.05, 3.63) is 22.6 Å². The lowest BCUT2D eigenvalue weighted by Crippen LogP contribution is -2.39. The Morgan fingerprint density at radius 3 is 2.67 bits per heavy atom. The van der Waals surface area contributed by atoms with Gasteiger partial charge < -0.3 is 14.8 Å². The molecule has 1 saturated carbocycles. The van der Waals surface area contributed by atoms with Gasteiger partial charge in [-0.15, -0.1) is 0 Å². The molecule has 1 aromatic heterocycles. The van der Waals surface area contributed by atoms with Gasteiger partial charge in [-0.25, -0.2) is 0 Å². The highest BCUT2D eigenvalue weighted by molar-refractivity contribution is 9.10. The summed E-state index contributed by atoms with van der Waals surface area (Å²) in [5.74, 6) is 0.936. The standard InChI is InChI=1S/C14H22BrNO2/c1-11(12-5-6-13(15)18-12)16-9-14(10-17)7-3-2-4-8-14/h5-6,11,16-17H,2-4,7-10H2,1H3. The highest BCUT2D eigenvalue weighted by Gasteiger charge is 2.31. The fraction of sp³-hybridized carbons (Fsp3) is 0.714. The number of furan rings is 1. The molecule has 0 bridgehead atoms. The first kappa shape index (κ1) is 14.1. The highest BCUT2D eigenvalue weighted by Crippen LogP contribution is 2.35. The summed E-state index contributed by atoms with van der Waals surface area (Å²) in [5, 5.41) is 13.2. The molecule has 1 aliphatic carbocycles. The molecule has 1 aliphatic rings. The van der Waals surface area contributed by atoms with Crippen LogP contribution in [0.25, 0.3) is 0 Å². The molecule has 0 radical (unpaired) electrons. The Bertz CT molecular complexity index is 372. The summed E-state index contributed by atoms with van der Waals surface area (Å²) in [5.41, 5.74) is 0.0797. The maximum atomic E-state index is 9.66. The smallest absolute Gasteiger partial charge is 0.169 e. The van der Waals surface area contributed by atoms with Gasteiger partial charge in [-0.2, -0.15) is 0 Å². The molecule has 0 aliphatic heterocycles. The summed E-state index contributed by atoms with van der Waals surface area (Å²) in [4.78, 5) is 0. The topological polar surface area (TPSA) is 45.4 Å². The first-order valence-corrected chi connectivity index (χ1v) is 7.54. The van der Waals surface area contributed by atoms with Crippen LogP contribution in [-0.2, 0) is 0 Å². The molecule has 2 N–H and O–H groups in total.